The SMILES string of the molecule is COc1cc(C=CC2C3=CCC4C(=O)N(C(N)=O)C(=O)C4C3CC3=C2C(=O)C(C)=CC3=O)ccc1O. The third-order valence-corrected chi connectivity index (χ3v) is 7.52. The van der Waals surface area contributed by atoms with Gasteiger partial charge in [-0.15, -0.1) is 0 Å². The second-order valence-corrected chi connectivity index (χ2v) is 9.41. The second kappa shape index (κ2) is 8.44. The summed E-state index contributed by atoms with van der Waals surface area (Å²) in [5.41, 5.74) is 7.79. The number of primary amides is 1. The number of nitrogens with two attached hydrogens (primary N) is 1. The third kappa shape index (κ3) is 3.42. The number of phenols is 1. The van der Waals surface area contributed by atoms with Gasteiger partial charge in [0.25, 0.3) is 0 Å². The number of ether oxygens (including phenoxy) is 1. The first-order chi connectivity index (χ1) is 17.1. The van der Waals surface area contributed by atoms with E-state index < -0.39 is 41.5 Å². The van der Waals surface area contributed by atoms with Gasteiger partial charge in [-0.25, -0.2) is 4.79 Å². The third-order valence-electron chi connectivity index (χ3n) is 7.52. The summed E-state index contributed by atoms with van der Waals surface area (Å²) in [4.78, 5) is 64.5. The average molecular weight is 488 g/mol. The molecule has 0 saturated carbocycles. The summed E-state index contributed by atoms with van der Waals surface area (Å²) >= 11 is 0. The van der Waals surface area contributed by atoms with Crippen LogP contribution in [0.5, 0.6) is 11.5 Å². The summed E-state index contributed by atoms with van der Waals surface area (Å²) in [6.07, 6.45) is 7.05. The van der Waals surface area contributed by atoms with Crippen molar-refractivity contribution in [2.24, 2.45) is 29.4 Å². The summed E-state index contributed by atoms with van der Waals surface area (Å²) in [6.45, 7) is 1.59. The van der Waals surface area contributed by atoms with Crippen molar-refractivity contribution in [2.75, 3.05) is 7.11 Å². The monoisotopic (exact) mass is 488 g/mol. The number of carbonyl (C=O) groups is 5. The Bertz CT molecular complexity index is 1380. The van der Waals surface area contributed by atoms with E-state index in [4.69, 9.17) is 10.5 Å². The number of amides is 4. The van der Waals surface area contributed by atoms with Crippen molar-refractivity contribution >= 4 is 35.5 Å². The molecule has 4 unspecified atom stereocenters. The number of imide groups is 3. The predicted molar refractivity (Wildman–Crippen MR) is 127 cm³/mol. The van der Waals surface area contributed by atoms with Crippen LogP contribution >= 0.6 is 0 Å². The maximum Gasteiger partial charge on any atom is 0.328 e. The Kier molecular flexibility index (Phi) is 5.50. The lowest BCUT2D eigenvalue weighted by atomic mass is 9.60. The number of nitrogens with zero attached hydrogens (tertiary/aromatic N) is 1. The molecule has 1 heterocycles. The molecule has 9 heteroatoms. The fraction of sp³-hybridized carbons (Fsp3) is 0.296. The van der Waals surface area contributed by atoms with Crippen molar-refractivity contribution < 1.29 is 33.8 Å². The molecule has 9 nitrogen and oxygen atoms in total. The van der Waals surface area contributed by atoms with Crippen LogP contribution in [0.2, 0.25) is 0 Å². The number of Topliss-reactive ketones (excluding diaryl/α,β-unsaturated/α-hetero) is 1. The fourth-order valence-electron chi connectivity index (χ4n) is 5.86. The first-order valence-electron chi connectivity index (χ1n) is 11.6. The van der Waals surface area contributed by atoms with Gasteiger partial charge >= 0.3 is 6.03 Å². The molecule has 36 heavy (non-hydrogen) atoms. The highest BCUT2D eigenvalue weighted by Gasteiger charge is 2.57. The lowest BCUT2D eigenvalue weighted by Gasteiger charge is -2.41. The van der Waals surface area contributed by atoms with Gasteiger partial charge in [0.05, 0.1) is 18.9 Å². The first kappa shape index (κ1) is 23.5. The highest BCUT2D eigenvalue weighted by Crippen LogP contribution is 2.52. The first-order valence-corrected chi connectivity index (χ1v) is 11.6. The number of hydrogen-bond acceptors (Lipinski definition) is 7. The van der Waals surface area contributed by atoms with Crippen LogP contribution in [0, 0.1) is 23.7 Å². The highest BCUT2D eigenvalue weighted by molar-refractivity contribution is 6.23. The van der Waals surface area contributed by atoms with Crippen molar-refractivity contribution in [1.82, 2.24) is 4.90 Å². The molecule has 1 aromatic rings. The van der Waals surface area contributed by atoms with E-state index in [1.807, 2.05) is 6.08 Å². The van der Waals surface area contributed by atoms with Crippen molar-refractivity contribution in [3.63, 3.8) is 0 Å². The van der Waals surface area contributed by atoms with Gasteiger partial charge in [0, 0.05) is 22.6 Å². The Labute approximate surface area is 206 Å². The summed E-state index contributed by atoms with van der Waals surface area (Å²) in [5.74, 6) is -4.27. The molecule has 0 aromatic heterocycles. The molecule has 1 aromatic carbocycles. The molecule has 4 amide bonds. The lowest BCUT2D eigenvalue weighted by Crippen LogP contribution is -2.42. The number of hydrogen-bond donors (Lipinski definition) is 2. The van der Waals surface area contributed by atoms with Gasteiger partial charge < -0.3 is 15.6 Å². The number of allylic oxidation sites excluding steroid dienone is 7. The number of fused-ring (bicyclic) bond motifs is 3. The number of benzene rings is 1. The standard InChI is InChI=1S/C27H24N2O7/c1-12-9-20(31)18-11-17-14(6-7-16-23(17)26(34)29(25(16)33)27(28)35)15(22(18)24(12)32)5-3-13-4-8-19(30)21(10-13)36-2/h3-6,8-10,15-17,23,30H,7,11H2,1-2H3,(H2,28,35). The molecule has 0 radical (unpaired) electrons. The molecule has 0 spiro atoms. The number of aromatic hydroxyl groups is 1. The molecular formula is C27H24N2O7. The van der Waals surface area contributed by atoms with E-state index in [9.17, 15) is 29.1 Å². The summed E-state index contributed by atoms with van der Waals surface area (Å²) in [7, 11) is 1.44. The maximum absolute atomic E-state index is 13.2. The Balaban J connectivity index is 1.61. The van der Waals surface area contributed by atoms with Gasteiger partial charge in [-0.05, 0) is 49.5 Å². The maximum atomic E-state index is 13.2. The lowest BCUT2D eigenvalue weighted by molar-refractivity contribution is -0.136. The summed E-state index contributed by atoms with van der Waals surface area (Å²) in [5, 5.41) is 9.90. The molecule has 1 fully saturated rings. The van der Waals surface area contributed by atoms with Crippen LogP contribution < -0.4 is 10.5 Å². The van der Waals surface area contributed by atoms with Crippen molar-refractivity contribution in [2.45, 2.75) is 19.8 Å². The van der Waals surface area contributed by atoms with Crippen LogP contribution in [-0.2, 0) is 19.2 Å². The van der Waals surface area contributed by atoms with E-state index in [-0.39, 0.29) is 35.9 Å². The van der Waals surface area contributed by atoms with Crippen LogP contribution in [0.25, 0.3) is 6.08 Å². The topological polar surface area (TPSA) is 144 Å². The minimum atomic E-state index is -1.11. The zero-order valence-corrected chi connectivity index (χ0v) is 19.7. The molecule has 184 valence electrons. The van der Waals surface area contributed by atoms with Gasteiger partial charge in [-0.2, -0.15) is 4.90 Å². The molecule has 5 rings (SSSR count). The van der Waals surface area contributed by atoms with Crippen molar-refractivity contribution in [3.8, 4) is 11.5 Å². The number of likely N-dealkylation sites (tertiary alicyclic amines) is 1. The average Bonchev–Trinajstić information content (AvgIpc) is 3.11. The summed E-state index contributed by atoms with van der Waals surface area (Å²) < 4.78 is 5.17. The van der Waals surface area contributed by atoms with Crippen LogP contribution in [0.4, 0.5) is 4.79 Å². The minimum Gasteiger partial charge on any atom is -0.504 e. The molecule has 1 saturated heterocycles. The molecule has 3 aliphatic carbocycles. The largest absolute Gasteiger partial charge is 0.504 e. The number of methoxy groups -OCH3 is 1. The van der Waals surface area contributed by atoms with E-state index in [2.05, 4.69) is 0 Å². The van der Waals surface area contributed by atoms with E-state index in [1.165, 1.54) is 19.3 Å². The van der Waals surface area contributed by atoms with Crippen LogP contribution in [0.1, 0.15) is 25.3 Å². The Morgan fingerprint density at radius 2 is 1.92 bits per heavy atom. The zero-order chi connectivity index (χ0) is 25.9. The fourth-order valence-corrected chi connectivity index (χ4v) is 5.86. The molecular weight excluding hydrogens is 464 g/mol. The molecule has 3 N–H and O–H groups in total. The van der Waals surface area contributed by atoms with E-state index in [0.717, 1.165) is 5.57 Å². The second-order valence-electron chi connectivity index (χ2n) is 9.41. The number of carbonyl (C=O) groups excluding carboxylic acids is 5. The van der Waals surface area contributed by atoms with E-state index in [0.29, 0.717) is 27.2 Å². The molecule has 0 bridgehead atoms. The Morgan fingerprint density at radius 1 is 1.17 bits per heavy atom. The van der Waals surface area contributed by atoms with Gasteiger partial charge in [-0.3, -0.25) is 19.2 Å². The Hall–Kier alpha value is -4.27. The van der Waals surface area contributed by atoms with Crippen molar-refractivity contribution in [1.29, 1.82) is 0 Å². The van der Waals surface area contributed by atoms with Crippen molar-refractivity contribution in [3.05, 3.63) is 64.3 Å². The van der Waals surface area contributed by atoms with Gasteiger partial charge in [0.15, 0.2) is 23.1 Å². The molecule has 4 atom stereocenters. The number of phenolic OH excluding ortho intramolecular Hbond substituents is 1. The number of ketones is 2. The van der Waals surface area contributed by atoms with Crippen LogP contribution in [0.3, 0.4) is 0 Å². The van der Waals surface area contributed by atoms with Crippen LogP contribution in [0.15, 0.2) is 58.7 Å². The zero-order valence-electron chi connectivity index (χ0n) is 19.7. The molecule has 1 aliphatic heterocycles. The van der Waals surface area contributed by atoms with E-state index >= 15 is 0 Å². The predicted octanol–water partition coefficient (Wildman–Crippen LogP) is 2.45. The van der Waals surface area contributed by atoms with Gasteiger partial charge in [-0.1, -0.05) is 29.9 Å². The molecule has 4 aliphatic rings. The quantitative estimate of drug-likeness (QED) is 0.378. The Morgan fingerprint density at radius 3 is 2.61 bits per heavy atom. The highest BCUT2D eigenvalue weighted by atomic mass is 16.5. The van der Waals surface area contributed by atoms with Gasteiger partial charge in [0.1, 0.15) is 0 Å². The number of rotatable bonds is 3. The van der Waals surface area contributed by atoms with Gasteiger partial charge in [0.2, 0.25) is 11.8 Å². The number of urea groups is 1. The minimum absolute atomic E-state index is 0.0179. The smallest absolute Gasteiger partial charge is 0.328 e. The normalized spacial score (nSPS) is 27.6. The summed E-state index contributed by atoms with van der Waals surface area (Å²) in [6, 6.07) is 3.69. The van der Waals surface area contributed by atoms with Crippen LogP contribution in [-0.4, -0.2) is 46.5 Å². The van der Waals surface area contributed by atoms with E-state index in [1.54, 1.807) is 31.2 Å².